The fraction of sp³-hybridized carbons (Fsp3) is 0.881. The van der Waals surface area contributed by atoms with Crippen LogP contribution in [-0.4, -0.2) is 37.2 Å². The zero-order chi connectivity index (χ0) is 47.2. The molecule has 0 saturated heterocycles. The quantitative estimate of drug-likeness (QED) is 0.0262. The zero-order valence-corrected chi connectivity index (χ0v) is 43.8. The molecule has 0 heterocycles. The first-order valence-corrected chi connectivity index (χ1v) is 28.8. The number of ether oxygens (including phenoxy) is 3. The Morgan fingerprint density at radius 2 is 0.508 bits per heavy atom. The van der Waals surface area contributed by atoms with Gasteiger partial charge in [0.05, 0.1) is 0 Å². The summed E-state index contributed by atoms with van der Waals surface area (Å²) < 4.78 is 16.9. The van der Waals surface area contributed by atoms with Crippen molar-refractivity contribution in [2.75, 3.05) is 13.2 Å². The Kier molecular flexibility index (Phi) is 52.7. The maximum Gasteiger partial charge on any atom is 0.306 e. The number of carbonyl (C=O) groups excluding carboxylic acids is 3. The summed E-state index contributed by atoms with van der Waals surface area (Å²) in [6.45, 7) is 6.65. The Labute approximate surface area is 404 Å². The molecule has 382 valence electrons. The molecule has 65 heavy (non-hydrogen) atoms. The highest BCUT2D eigenvalue weighted by Crippen LogP contribution is 2.17. The van der Waals surface area contributed by atoms with Crippen LogP contribution in [0.1, 0.15) is 316 Å². The smallest absolute Gasteiger partial charge is 0.306 e. The Morgan fingerprint density at radius 3 is 0.769 bits per heavy atom. The van der Waals surface area contributed by atoms with Gasteiger partial charge in [0.2, 0.25) is 0 Å². The van der Waals surface area contributed by atoms with Gasteiger partial charge in [-0.3, -0.25) is 14.4 Å². The third-order valence-electron chi connectivity index (χ3n) is 12.9. The molecular weight excluding hydrogens is 805 g/mol. The molecule has 0 fully saturated rings. The SMILES string of the molecule is CCCCCCC/C=C\CCCCCCCC(=O)OCC(COC(=O)CCCCCCCCCCCCCCCCCCCCC)OC(=O)CCCCCCC/C=C\CCCCCCC. The van der Waals surface area contributed by atoms with Crippen LogP contribution in [0.5, 0.6) is 0 Å². The summed E-state index contributed by atoms with van der Waals surface area (Å²) in [7, 11) is 0. The van der Waals surface area contributed by atoms with Crippen LogP contribution in [-0.2, 0) is 28.6 Å². The molecular formula is C59H110O6. The minimum atomic E-state index is -0.775. The van der Waals surface area contributed by atoms with E-state index in [0.29, 0.717) is 19.3 Å². The summed E-state index contributed by atoms with van der Waals surface area (Å²) in [6, 6.07) is 0. The predicted octanol–water partition coefficient (Wildman–Crippen LogP) is 19.1. The van der Waals surface area contributed by atoms with E-state index in [0.717, 1.165) is 70.6 Å². The fourth-order valence-corrected chi connectivity index (χ4v) is 8.55. The highest BCUT2D eigenvalue weighted by molar-refractivity contribution is 5.71. The van der Waals surface area contributed by atoms with Gasteiger partial charge in [-0.1, -0.05) is 251 Å². The topological polar surface area (TPSA) is 78.9 Å². The van der Waals surface area contributed by atoms with Crippen LogP contribution in [0.3, 0.4) is 0 Å². The van der Waals surface area contributed by atoms with E-state index in [2.05, 4.69) is 45.1 Å². The molecule has 0 aliphatic carbocycles. The van der Waals surface area contributed by atoms with E-state index in [4.69, 9.17) is 14.2 Å². The van der Waals surface area contributed by atoms with Gasteiger partial charge in [0.15, 0.2) is 6.10 Å². The maximum atomic E-state index is 12.8. The number of allylic oxidation sites excluding steroid dienone is 4. The molecule has 0 aliphatic rings. The Bertz CT molecular complexity index is 1050. The lowest BCUT2D eigenvalue weighted by molar-refractivity contribution is -0.167. The molecule has 0 radical (unpaired) electrons. The molecule has 1 atom stereocenters. The number of rotatable bonds is 53. The summed E-state index contributed by atoms with van der Waals surface area (Å²) in [5, 5.41) is 0. The van der Waals surface area contributed by atoms with E-state index < -0.39 is 6.10 Å². The molecule has 1 unspecified atom stereocenters. The number of hydrogen-bond acceptors (Lipinski definition) is 6. The number of unbranched alkanes of at least 4 members (excludes halogenated alkanes) is 38. The first-order valence-electron chi connectivity index (χ1n) is 28.8. The molecule has 0 aromatic heterocycles. The first kappa shape index (κ1) is 62.9. The monoisotopic (exact) mass is 915 g/mol. The summed E-state index contributed by atoms with van der Waals surface area (Å²) in [5.74, 6) is -0.871. The zero-order valence-electron chi connectivity index (χ0n) is 43.8. The van der Waals surface area contributed by atoms with Gasteiger partial charge in [-0.2, -0.15) is 0 Å². The van der Waals surface area contributed by atoms with Crippen LogP contribution >= 0.6 is 0 Å². The molecule has 0 bridgehead atoms. The summed E-state index contributed by atoms with van der Waals surface area (Å²) in [6.07, 6.45) is 63.1. The van der Waals surface area contributed by atoms with Crippen molar-refractivity contribution in [1.29, 1.82) is 0 Å². The average Bonchev–Trinajstić information content (AvgIpc) is 3.30. The molecule has 6 heteroatoms. The van der Waals surface area contributed by atoms with Crippen molar-refractivity contribution in [3.05, 3.63) is 24.3 Å². The average molecular weight is 916 g/mol. The predicted molar refractivity (Wildman–Crippen MR) is 279 cm³/mol. The van der Waals surface area contributed by atoms with E-state index in [1.165, 1.54) is 205 Å². The van der Waals surface area contributed by atoms with Crippen molar-refractivity contribution >= 4 is 17.9 Å². The molecule has 0 aromatic rings. The number of esters is 3. The normalized spacial score (nSPS) is 12.1. The summed E-state index contributed by atoms with van der Waals surface area (Å²) in [4.78, 5) is 38.1. The van der Waals surface area contributed by atoms with E-state index in [1.54, 1.807) is 0 Å². The molecule has 0 N–H and O–H groups in total. The molecule has 0 rings (SSSR count). The second-order valence-corrected chi connectivity index (χ2v) is 19.6. The Morgan fingerprint density at radius 1 is 0.292 bits per heavy atom. The van der Waals surface area contributed by atoms with E-state index in [9.17, 15) is 14.4 Å². The van der Waals surface area contributed by atoms with Crippen LogP contribution in [0.4, 0.5) is 0 Å². The third-order valence-corrected chi connectivity index (χ3v) is 12.9. The third kappa shape index (κ3) is 52.7. The maximum absolute atomic E-state index is 12.8. The fourth-order valence-electron chi connectivity index (χ4n) is 8.55. The molecule has 6 nitrogen and oxygen atoms in total. The van der Waals surface area contributed by atoms with Gasteiger partial charge in [0.1, 0.15) is 13.2 Å². The first-order chi connectivity index (χ1) is 32.0. The van der Waals surface area contributed by atoms with E-state index >= 15 is 0 Å². The van der Waals surface area contributed by atoms with Gasteiger partial charge in [0, 0.05) is 19.3 Å². The van der Waals surface area contributed by atoms with Crippen molar-refractivity contribution in [2.24, 2.45) is 0 Å². The highest BCUT2D eigenvalue weighted by Gasteiger charge is 2.19. The number of hydrogen-bond donors (Lipinski definition) is 0. The minimum Gasteiger partial charge on any atom is -0.462 e. The lowest BCUT2D eigenvalue weighted by Crippen LogP contribution is -2.30. The van der Waals surface area contributed by atoms with Crippen molar-refractivity contribution < 1.29 is 28.6 Å². The van der Waals surface area contributed by atoms with Crippen LogP contribution < -0.4 is 0 Å². The van der Waals surface area contributed by atoms with Crippen LogP contribution in [0.15, 0.2) is 24.3 Å². The largest absolute Gasteiger partial charge is 0.462 e. The van der Waals surface area contributed by atoms with Gasteiger partial charge < -0.3 is 14.2 Å². The van der Waals surface area contributed by atoms with Crippen LogP contribution in [0.25, 0.3) is 0 Å². The van der Waals surface area contributed by atoms with Crippen LogP contribution in [0.2, 0.25) is 0 Å². The second-order valence-electron chi connectivity index (χ2n) is 19.6. The van der Waals surface area contributed by atoms with Gasteiger partial charge in [-0.15, -0.1) is 0 Å². The van der Waals surface area contributed by atoms with Crippen molar-refractivity contribution in [3.63, 3.8) is 0 Å². The molecule has 0 amide bonds. The molecule has 0 spiro atoms. The summed E-state index contributed by atoms with van der Waals surface area (Å²) >= 11 is 0. The lowest BCUT2D eigenvalue weighted by Gasteiger charge is -2.18. The standard InChI is InChI=1S/C59H110O6/c1-4-7-10-13-16-19-22-25-28-29-30-31-32-35-37-40-43-46-49-52-58(61)64-55-56(65-59(62)53-50-47-44-41-38-34-27-24-21-18-15-12-9-6-3)54-63-57(60)51-48-45-42-39-36-33-26-23-20-17-14-11-8-5-2/h23-24,26-27,56H,4-22,25,28-55H2,1-3H3/b26-23-,27-24-. The molecule has 0 aliphatic heterocycles. The molecule has 0 saturated carbocycles. The Balaban J connectivity index is 4.31. The van der Waals surface area contributed by atoms with Gasteiger partial charge in [-0.25, -0.2) is 0 Å². The van der Waals surface area contributed by atoms with Gasteiger partial charge in [0.25, 0.3) is 0 Å². The summed E-state index contributed by atoms with van der Waals surface area (Å²) in [5.41, 5.74) is 0. The van der Waals surface area contributed by atoms with E-state index in [1.807, 2.05) is 0 Å². The lowest BCUT2D eigenvalue weighted by atomic mass is 10.0. The van der Waals surface area contributed by atoms with Crippen molar-refractivity contribution in [1.82, 2.24) is 0 Å². The van der Waals surface area contributed by atoms with E-state index in [-0.39, 0.29) is 31.1 Å². The second kappa shape index (κ2) is 54.5. The Hall–Kier alpha value is -2.11. The van der Waals surface area contributed by atoms with Gasteiger partial charge >= 0.3 is 17.9 Å². The number of carbonyl (C=O) groups is 3. The highest BCUT2D eigenvalue weighted by atomic mass is 16.6. The molecule has 0 aromatic carbocycles. The van der Waals surface area contributed by atoms with Crippen molar-refractivity contribution in [2.45, 2.75) is 322 Å². The van der Waals surface area contributed by atoms with Crippen LogP contribution in [0, 0.1) is 0 Å². The van der Waals surface area contributed by atoms with Gasteiger partial charge in [-0.05, 0) is 70.6 Å². The minimum absolute atomic E-state index is 0.0729. The van der Waals surface area contributed by atoms with Crippen molar-refractivity contribution in [3.8, 4) is 0 Å².